The molecule has 30 heavy (non-hydrogen) atoms. The number of methoxy groups -OCH3 is 1. The van der Waals surface area contributed by atoms with Gasteiger partial charge >= 0.3 is 0 Å². The Morgan fingerprint density at radius 2 is 1.67 bits per heavy atom. The zero-order valence-corrected chi connectivity index (χ0v) is 20.6. The van der Waals surface area contributed by atoms with Gasteiger partial charge in [-0.15, -0.1) is 0 Å². The largest absolute Gasteiger partial charge is 0.495 e. The van der Waals surface area contributed by atoms with Crippen LogP contribution in [0.3, 0.4) is 0 Å². The molecule has 1 fully saturated rings. The third kappa shape index (κ3) is 4.12. The number of hydrogen-bond acceptors (Lipinski definition) is 3. The SMILES string of the molecule is COc1c(I)cc(I)cc1C=NNC(=O)[C@@H]1CC1(c1ccccc1)c1ccccc1. The van der Waals surface area contributed by atoms with Crippen molar-refractivity contribution in [1.82, 2.24) is 5.43 Å². The average molecular weight is 622 g/mol. The van der Waals surface area contributed by atoms with Gasteiger partial charge in [0.2, 0.25) is 5.91 Å². The molecule has 0 radical (unpaired) electrons. The summed E-state index contributed by atoms with van der Waals surface area (Å²) in [6.07, 6.45) is 2.42. The maximum atomic E-state index is 13.0. The predicted octanol–water partition coefficient (Wildman–Crippen LogP) is 5.36. The molecule has 0 heterocycles. The summed E-state index contributed by atoms with van der Waals surface area (Å²) in [7, 11) is 1.64. The molecular weight excluding hydrogens is 602 g/mol. The number of nitrogens with zero attached hydrogens (tertiary/aromatic N) is 1. The number of benzene rings is 3. The van der Waals surface area contributed by atoms with Gasteiger partial charge in [-0.05, 0) is 74.9 Å². The summed E-state index contributed by atoms with van der Waals surface area (Å²) < 4.78 is 7.57. The van der Waals surface area contributed by atoms with Gasteiger partial charge in [0.05, 0.1) is 22.8 Å². The lowest BCUT2D eigenvalue weighted by molar-refractivity contribution is -0.122. The first kappa shape index (κ1) is 21.3. The normalized spacial score (nSPS) is 17.0. The standard InChI is InChI=1S/C24H20I2N2O2/c1-30-22-16(12-19(25)13-21(22)26)15-27-28-23(29)20-14-24(20,17-8-4-2-5-9-17)18-10-6-3-7-11-18/h2-13,15,20H,14H2,1H3,(H,28,29)/t20-/m0/s1. The van der Waals surface area contributed by atoms with Gasteiger partial charge in [-0.25, -0.2) is 5.43 Å². The number of nitrogens with one attached hydrogen (secondary N) is 1. The minimum absolute atomic E-state index is 0.0711. The van der Waals surface area contributed by atoms with Crippen LogP contribution in [0, 0.1) is 13.1 Å². The van der Waals surface area contributed by atoms with E-state index in [0.29, 0.717) is 0 Å². The van der Waals surface area contributed by atoms with E-state index in [0.717, 1.165) is 36.0 Å². The molecule has 1 N–H and O–H groups in total. The van der Waals surface area contributed by atoms with Crippen LogP contribution in [-0.2, 0) is 10.2 Å². The lowest BCUT2D eigenvalue weighted by Crippen LogP contribution is -2.25. The Labute approximate surface area is 203 Å². The van der Waals surface area contributed by atoms with Crippen molar-refractivity contribution in [3.63, 3.8) is 0 Å². The molecule has 1 saturated carbocycles. The molecule has 4 rings (SSSR count). The summed E-state index contributed by atoms with van der Waals surface area (Å²) in [6, 6.07) is 24.5. The second kappa shape index (κ2) is 9.05. The Kier molecular flexibility index (Phi) is 6.43. The van der Waals surface area contributed by atoms with Gasteiger partial charge in [0.25, 0.3) is 0 Å². The van der Waals surface area contributed by atoms with Crippen LogP contribution in [0.1, 0.15) is 23.1 Å². The van der Waals surface area contributed by atoms with Gasteiger partial charge < -0.3 is 4.74 Å². The highest BCUT2D eigenvalue weighted by Crippen LogP contribution is 2.58. The molecule has 0 saturated heterocycles. The van der Waals surface area contributed by atoms with E-state index in [1.807, 2.05) is 48.5 Å². The van der Waals surface area contributed by atoms with Gasteiger partial charge in [0.15, 0.2) is 0 Å². The monoisotopic (exact) mass is 622 g/mol. The fraction of sp³-hybridized carbons (Fsp3) is 0.167. The van der Waals surface area contributed by atoms with Gasteiger partial charge in [-0.3, -0.25) is 4.79 Å². The minimum atomic E-state index is -0.294. The molecular formula is C24H20I2N2O2. The Morgan fingerprint density at radius 1 is 1.07 bits per heavy atom. The third-order valence-corrected chi connectivity index (χ3v) is 6.90. The third-order valence-electron chi connectivity index (χ3n) is 5.47. The van der Waals surface area contributed by atoms with Crippen LogP contribution >= 0.6 is 45.2 Å². The van der Waals surface area contributed by atoms with Crippen molar-refractivity contribution < 1.29 is 9.53 Å². The maximum absolute atomic E-state index is 13.0. The summed E-state index contributed by atoms with van der Waals surface area (Å²) >= 11 is 4.49. The molecule has 6 heteroatoms. The molecule has 4 nitrogen and oxygen atoms in total. The van der Waals surface area contributed by atoms with Crippen molar-refractivity contribution in [2.75, 3.05) is 7.11 Å². The summed E-state index contributed by atoms with van der Waals surface area (Å²) in [6.45, 7) is 0. The van der Waals surface area contributed by atoms with Crippen molar-refractivity contribution in [1.29, 1.82) is 0 Å². The highest BCUT2D eigenvalue weighted by Gasteiger charge is 2.60. The molecule has 1 amide bonds. The van der Waals surface area contributed by atoms with E-state index in [9.17, 15) is 4.79 Å². The number of ether oxygens (including phenoxy) is 1. The van der Waals surface area contributed by atoms with Gasteiger partial charge in [0.1, 0.15) is 5.75 Å². The second-order valence-corrected chi connectivity index (χ2v) is 9.61. The van der Waals surface area contributed by atoms with Crippen LogP contribution < -0.4 is 10.2 Å². The lowest BCUT2D eigenvalue weighted by atomic mass is 9.85. The number of carbonyl (C=O) groups excluding carboxylic acids is 1. The van der Waals surface area contributed by atoms with Crippen molar-refractivity contribution in [2.24, 2.45) is 11.0 Å². The van der Waals surface area contributed by atoms with Crippen molar-refractivity contribution in [3.8, 4) is 5.75 Å². The Morgan fingerprint density at radius 3 is 2.23 bits per heavy atom. The molecule has 3 aromatic rings. The van der Waals surface area contributed by atoms with Crippen molar-refractivity contribution in [2.45, 2.75) is 11.8 Å². The smallest absolute Gasteiger partial charge is 0.244 e. The molecule has 0 aromatic heterocycles. The lowest BCUT2D eigenvalue weighted by Gasteiger charge is -2.18. The molecule has 1 aliphatic carbocycles. The maximum Gasteiger partial charge on any atom is 0.244 e. The highest BCUT2D eigenvalue weighted by atomic mass is 127. The van der Waals surface area contributed by atoms with Crippen LogP contribution in [0.5, 0.6) is 5.75 Å². The number of carbonyl (C=O) groups is 1. The minimum Gasteiger partial charge on any atom is -0.495 e. The molecule has 0 unspecified atom stereocenters. The van der Waals surface area contributed by atoms with E-state index in [4.69, 9.17) is 4.74 Å². The van der Waals surface area contributed by atoms with E-state index in [1.54, 1.807) is 13.3 Å². The van der Waals surface area contributed by atoms with Crippen LogP contribution in [0.2, 0.25) is 0 Å². The summed E-state index contributed by atoms with van der Waals surface area (Å²) in [5, 5.41) is 4.24. The molecule has 152 valence electrons. The van der Waals surface area contributed by atoms with Gasteiger partial charge in [0, 0.05) is 14.5 Å². The first-order chi connectivity index (χ1) is 14.6. The number of hydrazone groups is 1. The van der Waals surface area contributed by atoms with E-state index >= 15 is 0 Å². The van der Waals surface area contributed by atoms with E-state index in [1.165, 1.54) is 0 Å². The van der Waals surface area contributed by atoms with E-state index in [2.05, 4.69) is 80.0 Å². The Balaban J connectivity index is 1.56. The zero-order chi connectivity index (χ0) is 21.1. The molecule has 0 aliphatic heterocycles. The molecule has 1 aliphatic rings. The quantitative estimate of drug-likeness (QED) is 0.229. The van der Waals surface area contributed by atoms with Crippen molar-refractivity contribution in [3.05, 3.63) is 96.6 Å². The zero-order valence-electron chi connectivity index (χ0n) is 16.3. The highest BCUT2D eigenvalue weighted by molar-refractivity contribution is 14.1. The fourth-order valence-corrected chi connectivity index (χ4v) is 6.10. The summed E-state index contributed by atoms with van der Waals surface area (Å²) in [5.74, 6) is 0.527. The number of halogens is 2. The predicted molar refractivity (Wildman–Crippen MR) is 136 cm³/mol. The van der Waals surface area contributed by atoms with E-state index < -0.39 is 0 Å². The van der Waals surface area contributed by atoms with Crippen LogP contribution in [0.15, 0.2) is 77.9 Å². The van der Waals surface area contributed by atoms with Crippen LogP contribution in [0.25, 0.3) is 0 Å². The Hall–Kier alpha value is -1.94. The van der Waals surface area contributed by atoms with Crippen LogP contribution in [0.4, 0.5) is 0 Å². The number of hydrogen-bond donors (Lipinski definition) is 1. The second-order valence-electron chi connectivity index (χ2n) is 7.20. The van der Waals surface area contributed by atoms with Crippen molar-refractivity contribution >= 4 is 57.3 Å². The molecule has 3 aromatic carbocycles. The number of amides is 1. The summed E-state index contributed by atoms with van der Waals surface area (Å²) in [5.41, 5.74) is 5.61. The Bertz CT molecular complexity index is 1050. The molecule has 1 atom stereocenters. The fourth-order valence-electron chi connectivity index (χ4n) is 3.99. The summed E-state index contributed by atoms with van der Waals surface area (Å²) in [4.78, 5) is 13.0. The first-order valence-corrected chi connectivity index (χ1v) is 11.7. The average Bonchev–Trinajstić information content (AvgIpc) is 3.52. The topological polar surface area (TPSA) is 50.7 Å². The van der Waals surface area contributed by atoms with E-state index in [-0.39, 0.29) is 17.2 Å². The number of rotatable bonds is 6. The first-order valence-electron chi connectivity index (χ1n) is 9.53. The molecule has 0 bridgehead atoms. The van der Waals surface area contributed by atoms with Gasteiger partial charge in [-0.2, -0.15) is 5.10 Å². The van der Waals surface area contributed by atoms with Gasteiger partial charge in [-0.1, -0.05) is 60.7 Å². The van der Waals surface area contributed by atoms with Crippen LogP contribution in [-0.4, -0.2) is 19.2 Å². The molecule has 0 spiro atoms.